The molecule has 1 N–H and O–H groups in total. The quantitative estimate of drug-likeness (QED) is 0.370. The van der Waals surface area contributed by atoms with Crippen LogP contribution in [0.1, 0.15) is 26.4 Å². The van der Waals surface area contributed by atoms with Crippen molar-refractivity contribution in [3.05, 3.63) is 81.2 Å². The minimum Gasteiger partial charge on any atom is -0.493 e. The molecule has 10 nitrogen and oxygen atoms in total. The Labute approximate surface area is 203 Å². The molecular formula is C24H21N3O7S. The number of thiazole rings is 1. The monoisotopic (exact) mass is 495 g/mol. The number of fused-ring (bicyclic) bond motifs is 1. The van der Waals surface area contributed by atoms with Gasteiger partial charge in [0.05, 0.1) is 38.3 Å². The maximum absolute atomic E-state index is 13.0. The van der Waals surface area contributed by atoms with Gasteiger partial charge in [-0.1, -0.05) is 12.1 Å². The molecule has 2 aromatic carbocycles. The summed E-state index contributed by atoms with van der Waals surface area (Å²) in [5.41, 5.74) is 0.682. The first-order chi connectivity index (χ1) is 16.9. The van der Waals surface area contributed by atoms with Gasteiger partial charge in [0.2, 0.25) is 5.75 Å². The van der Waals surface area contributed by atoms with Crippen LogP contribution in [0.4, 0.5) is 5.69 Å². The van der Waals surface area contributed by atoms with Crippen molar-refractivity contribution in [3.8, 4) is 17.2 Å². The number of hydrogen-bond acceptors (Lipinski definition) is 9. The SMILES string of the molecule is COc1cc(C(=O)Nc2ccccc2C(=O)OCc2cc(=O)n3ccsc3n2)cc(OC)c1OC. The average molecular weight is 496 g/mol. The summed E-state index contributed by atoms with van der Waals surface area (Å²) in [4.78, 5) is 42.7. The van der Waals surface area contributed by atoms with E-state index >= 15 is 0 Å². The second-order valence-corrected chi connectivity index (χ2v) is 8.00. The lowest BCUT2D eigenvalue weighted by Crippen LogP contribution is -2.17. The van der Waals surface area contributed by atoms with Gasteiger partial charge in [-0.3, -0.25) is 14.0 Å². The molecule has 0 saturated heterocycles. The number of nitrogens with one attached hydrogen (secondary N) is 1. The number of para-hydroxylation sites is 1. The molecule has 4 rings (SSSR count). The van der Waals surface area contributed by atoms with E-state index in [-0.39, 0.29) is 29.0 Å². The Balaban J connectivity index is 1.53. The number of hydrogen-bond donors (Lipinski definition) is 1. The van der Waals surface area contributed by atoms with Gasteiger partial charge in [-0.25, -0.2) is 9.78 Å². The Bertz CT molecular complexity index is 1440. The van der Waals surface area contributed by atoms with E-state index in [0.717, 1.165) is 0 Å². The second kappa shape index (κ2) is 10.3. The van der Waals surface area contributed by atoms with Crippen LogP contribution in [0.25, 0.3) is 4.96 Å². The van der Waals surface area contributed by atoms with Gasteiger partial charge in [0.1, 0.15) is 6.61 Å². The fraction of sp³-hybridized carbons (Fsp3) is 0.167. The van der Waals surface area contributed by atoms with Gasteiger partial charge in [0, 0.05) is 23.2 Å². The lowest BCUT2D eigenvalue weighted by Gasteiger charge is -2.15. The summed E-state index contributed by atoms with van der Waals surface area (Å²) in [6.07, 6.45) is 1.62. The van der Waals surface area contributed by atoms with E-state index < -0.39 is 11.9 Å². The number of ether oxygens (including phenoxy) is 4. The van der Waals surface area contributed by atoms with Crippen molar-refractivity contribution < 1.29 is 28.5 Å². The summed E-state index contributed by atoms with van der Waals surface area (Å²) in [6.45, 7) is -0.197. The van der Waals surface area contributed by atoms with Gasteiger partial charge >= 0.3 is 5.97 Å². The van der Waals surface area contributed by atoms with E-state index in [1.54, 1.807) is 29.8 Å². The molecule has 4 aromatic rings. The molecule has 0 atom stereocenters. The highest BCUT2D eigenvalue weighted by Gasteiger charge is 2.20. The van der Waals surface area contributed by atoms with Gasteiger partial charge in [0.25, 0.3) is 11.5 Å². The maximum atomic E-state index is 13.0. The Morgan fingerprint density at radius 2 is 1.74 bits per heavy atom. The molecule has 2 aromatic heterocycles. The number of benzene rings is 2. The number of amides is 1. The van der Waals surface area contributed by atoms with E-state index in [9.17, 15) is 14.4 Å². The summed E-state index contributed by atoms with van der Waals surface area (Å²) >= 11 is 1.30. The Hall–Kier alpha value is -4.38. The largest absolute Gasteiger partial charge is 0.493 e. The Morgan fingerprint density at radius 1 is 1.03 bits per heavy atom. The number of carbonyl (C=O) groups excluding carboxylic acids is 2. The molecule has 0 fully saturated rings. The van der Waals surface area contributed by atoms with E-state index in [0.29, 0.717) is 27.9 Å². The summed E-state index contributed by atoms with van der Waals surface area (Å²) in [5, 5.41) is 4.46. The predicted octanol–water partition coefficient (Wildman–Crippen LogP) is 3.39. The lowest BCUT2D eigenvalue weighted by atomic mass is 10.1. The topological polar surface area (TPSA) is 117 Å². The Morgan fingerprint density at radius 3 is 2.43 bits per heavy atom. The van der Waals surface area contributed by atoms with Crippen molar-refractivity contribution in [2.45, 2.75) is 6.61 Å². The van der Waals surface area contributed by atoms with Gasteiger partial charge in [0.15, 0.2) is 16.5 Å². The molecule has 0 aliphatic rings. The molecular weight excluding hydrogens is 474 g/mol. The zero-order chi connectivity index (χ0) is 24.9. The van der Waals surface area contributed by atoms with Gasteiger partial charge in [-0.2, -0.15) is 0 Å². The third-order valence-corrected chi connectivity index (χ3v) is 5.79. The van der Waals surface area contributed by atoms with E-state index in [1.165, 1.54) is 61.3 Å². The molecule has 0 aliphatic carbocycles. The first-order valence-corrected chi connectivity index (χ1v) is 11.2. The third kappa shape index (κ3) is 4.94. The highest BCUT2D eigenvalue weighted by Crippen LogP contribution is 2.38. The second-order valence-electron chi connectivity index (χ2n) is 7.13. The first-order valence-electron chi connectivity index (χ1n) is 10.3. The Kier molecular flexibility index (Phi) is 6.97. The summed E-state index contributed by atoms with van der Waals surface area (Å²) in [7, 11) is 4.36. The fourth-order valence-corrected chi connectivity index (χ4v) is 4.09. The van der Waals surface area contributed by atoms with Crippen LogP contribution in [0, 0.1) is 0 Å². The normalized spacial score (nSPS) is 10.6. The predicted molar refractivity (Wildman–Crippen MR) is 129 cm³/mol. The molecule has 0 saturated carbocycles. The third-order valence-electron chi connectivity index (χ3n) is 5.03. The number of esters is 1. The summed E-state index contributed by atoms with van der Waals surface area (Å²) < 4.78 is 22.7. The van der Waals surface area contributed by atoms with Crippen LogP contribution in [0.3, 0.4) is 0 Å². The summed E-state index contributed by atoms with van der Waals surface area (Å²) in [6, 6.07) is 10.7. The molecule has 11 heteroatoms. The number of anilines is 1. The van der Waals surface area contributed by atoms with Crippen LogP contribution in [0.5, 0.6) is 17.2 Å². The van der Waals surface area contributed by atoms with Crippen molar-refractivity contribution in [1.29, 1.82) is 0 Å². The molecule has 0 unspecified atom stereocenters. The molecule has 0 radical (unpaired) electrons. The molecule has 0 bridgehead atoms. The lowest BCUT2D eigenvalue weighted by molar-refractivity contribution is 0.0469. The molecule has 35 heavy (non-hydrogen) atoms. The van der Waals surface area contributed by atoms with E-state index in [1.807, 2.05) is 0 Å². The number of carbonyl (C=O) groups is 2. The smallest absolute Gasteiger partial charge is 0.340 e. The van der Waals surface area contributed by atoms with Crippen molar-refractivity contribution in [1.82, 2.24) is 9.38 Å². The highest BCUT2D eigenvalue weighted by atomic mass is 32.1. The minimum absolute atomic E-state index is 0.141. The van der Waals surface area contributed by atoms with E-state index in [4.69, 9.17) is 18.9 Å². The van der Waals surface area contributed by atoms with Crippen LogP contribution < -0.4 is 25.1 Å². The van der Waals surface area contributed by atoms with Crippen molar-refractivity contribution in [2.24, 2.45) is 0 Å². The number of nitrogens with zero attached hydrogens (tertiary/aromatic N) is 2. The molecule has 2 heterocycles. The molecule has 0 aliphatic heterocycles. The highest BCUT2D eigenvalue weighted by molar-refractivity contribution is 7.15. The zero-order valence-corrected chi connectivity index (χ0v) is 19.9. The zero-order valence-electron chi connectivity index (χ0n) is 19.1. The van der Waals surface area contributed by atoms with Crippen molar-refractivity contribution in [2.75, 3.05) is 26.6 Å². The molecule has 180 valence electrons. The van der Waals surface area contributed by atoms with Gasteiger partial charge in [-0.15, -0.1) is 11.3 Å². The maximum Gasteiger partial charge on any atom is 0.340 e. The molecule has 0 spiro atoms. The van der Waals surface area contributed by atoms with Crippen molar-refractivity contribution >= 4 is 33.9 Å². The minimum atomic E-state index is -0.682. The summed E-state index contributed by atoms with van der Waals surface area (Å²) in [5.74, 6) is -0.197. The number of rotatable bonds is 8. The van der Waals surface area contributed by atoms with Crippen LogP contribution in [0.15, 0.2) is 58.8 Å². The molecule has 1 amide bonds. The van der Waals surface area contributed by atoms with Gasteiger partial charge < -0.3 is 24.3 Å². The first kappa shape index (κ1) is 23.8. The standard InChI is InChI=1S/C24H21N3O7S/c1-31-18-10-14(11-19(32-2)21(18)33-3)22(29)26-17-7-5-4-6-16(17)23(30)34-13-15-12-20(28)27-8-9-35-24(27)25-15/h4-12H,13H2,1-3H3,(H,26,29). The van der Waals surface area contributed by atoms with Crippen LogP contribution in [-0.2, 0) is 11.3 Å². The van der Waals surface area contributed by atoms with E-state index in [2.05, 4.69) is 10.3 Å². The van der Waals surface area contributed by atoms with Gasteiger partial charge in [-0.05, 0) is 24.3 Å². The fourth-order valence-electron chi connectivity index (χ4n) is 3.36. The number of methoxy groups -OCH3 is 3. The van der Waals surface area contributed by atoms with Crippen LogP contribution >= 0.6 is 11.3 Å². The average Bonchev–Trinajstić information content (AvgIpc) is 3.36. The van der Waals surface area contributed by atoms with Crippen LogP contribution in [-0.4, -0.2) is 42.6 Å². The van der Waals surface area contributed by atoms with Crippen LogP contribution in [0.2, 0.25) is 0 Å². The van der Waals surface area contributed by atoms with Crippen molar-refractivity contribution in [3.63, 3.8) is 0 Å². The number of aromatic nitrogens is 2.